The summed E-state index contributed by atoms with van der Waals surface area (Å²) in [7, 11) is 1.68. The first-order chi connectivity index (χ1) is 21.4. The van der Waals surface area contributed by atoms with Crippen LogP contribution in [0.3, 0.4) is 0 Å². The number of hydrogen-bond acceptors (Lipinski definition) is 5. The van der Waals surface area contributed by atoms with Crippen LogP contribution in [0.2, 0.25) is 0 Å². The average molecular weight is 619 g/mol. The average Bonchev–Trinajstić information content (AvgIpc) is 3.36. The molecule has 1 spiro atoms. The predicted molar refractivity (Wildman–Crippen MR) is 164 cm³/mol. The molecule has 2 aliphatic heterocycles. The van der Waals surface area contributed by atoms with Gasteiger partial charge in [-0.15, -0.1) is 0 Å². The lowest BCUT2D eigenvalue weighted by Crippen LogP contribution is -2.79. The molecule has 9 heteroatoms. The van der Waals surface area contributed by atoms with Crippen LogP contribution in [0.15, 0.2) is 72.8 Å². The summed E-state index contributed by atoms with van der Waals surface area (Å²) >= 11 is 0. The summed E-state index contributed by atoms with van der Waals surface area (Å²) in [5.74, 6) is -0.123. The molecule has 2 heterocycles. The van der Waals surface area contributed by atoms with E-state index in [1.807, 2.05) is 31.2 Å². The molecule has 4 aliphatic rings. The molecular weight excluding hydrogens is 581 g/mol. The molecule has 2 fully saturated rings. The highest BCUT2D eigenvalue weighted by Crippen LogP contribution is 2.66. The smallest absolute Gasteiger partial charge is 0.416 e. The van der Waals surface area contributed by atoms with Crippen LogP contribution in [0.1, 0.15) is 47.6 Å². The van der Waals surface area contributed by atoms with Crippen LogP contribution in [0, 0.1) is 5.92 Å². The highest BCUT2D eigenvalue weighted by Gasteiger charge is 2.74. The van der Waals surface area contributed by atoms with Gasteiger partial charge < -0.3 is 19.8 Å². The maximum atomic E-state index is 13.6. The number of nitrogens with zero attached hydrogens (tertiary/aromatic N) is 2. The molecule has 3 aromatic carbocycles. The van der Waals surface area contributed by atoms with Gasteiger partial charge in [0.25, 0.3) is 0 Å². The topological polar surface area (TPSA) is 73.2 Å². The zero-order chi connectivity index (χ0) is 31.7. The summed E-state index contributed by atoms with van der Waals surface area (Å²) < 4.78 is 46.3. The van der Waals surface area contributed by atoms with Gasteiger partial charge in [-0.1, -0.05) is 55.5 Å². The van der Waals surface area contributed by atoms with Crippen molar-refractivity contribution in [2.24, 2.45) is 5.92 Å². The maximum Gasteiger partial charge on any atom is 0.416 e. The van der Waals surface area contributed by atoms with Gasteiger partial charge in [0.2, 0.25) is 5.91 Å². The molecule has 7 rings (SSSR count). The third-order valence-corrected chi connectivity index (χ3v) is 10.9. The number of ether oxygens (including phenoxy) is 1. The highest BCUT2D eigenvalue weighted by molar-refractivity contribution is 5.92. The number of carbonyl (C=O) groups excluding carboxylic acids is 1. The minimum absolute atomic E-state index is 0.0228. The summed E-state index contributed by atoms with van der Waals surface area (Å²) in [5, 5.41) is 23.9. The van der Waals surface area contributed by atoms with Crippen molar-refractivity contribution in [3.05, 3.63) is 101 Å². The van der Waals surface area contributed by atoms with Gasteiger partial charge in [0.15, 0.2) is 11.5 Å². The van der Waals surface area contributed by atoms with E-state index in [2.05, 4.69) is 17.0 Å². The van der Waals surface area contributed by atoms with Gasteiger partial charge in [-0.2, -0.15) is 13.2 Å². The third-order valence-electron chi connectivity index (χ3n) is 10.9. The Hall–Kier alpha value is -3.82. The lowest BCUT2D eigenvalue weighted by atomic mass is 9.46. The lowest BCUT2D eigenvalue weighted by molar-refractivity contribution is -0.211. The van der Waals surface area contributed by atoms with Gasteiger partial charge in [0, 0.05) is 31.3 Å². The summed E-state index contributed by atoms with van der Waals surface area (Å²) in [6.07, 6.45) is 0.143. The number of piperidine rings is 1. The molecule has 2 bridgehead atoms. The number of phenolic OH excluding ortho intramolecular Hbond substituents is 1. The van der Waals surface area contributed by atoms with Crippen molar-refractivity contribution in [2.75, 3.05) is 20.1 Å². The Morgan fingerprint density at radius 3 is 2.67 bits per heavy atom. The molecule has 6 atom stereocenters. The van der Waals surface area contributed by atoms with E-state index >= 15 is 0 Å². The molecule has 2 aliphatic carbocycles. The molecule has 3 aromatic rings. The van der Waals surface area contributed by atoms with E-state index in [0.717, 1.165) is 42.8 Å². The van der Waals surface area contributed by atoms with Crippen molar-refractivity contribution in [3.63, 3.8) is 0 Å². The second-order valence-corrected chi connectivity index (χ2v) is 13.2. The fourth-order valence-electron chi connectivity index (χ4n) is 8.90. The first kappa shape index (κ1) is 29.9. The second-order valence-electron chi connectivity index (χ2n) is 13.2. The molecular formula is C36H37F3N2O4. The SMILES string of the molecule is CC1C[C@@]2(O)[C@H]3Cc4ccc(O)c5c4[C@@]2(CCN3CCc2ccccc2)C(O5)C1N(C)C(=O)/C=C/c1cccc(C(F)(F)F)c1. The number of halogens is 3. The Labute approximate surface area is 260 Å². The quantitative estimate of drug-likeness (QED) is 0.353. The molecule has 236 valence electrons. The Bertz CT molecular complexity index is 1660. The number of alkyl halides is 3. The van der Waals surface area contributed by atoms with E-state index in [1.165, 1.54) is 29.8 Å². The van der Waals surface area contributed by atoms with Crippen molar-refractivity contribution in [1.29, 1.82) is 0 Å². The number of aromatic hydroxyl groups is 1. The number of phenols is 1. The highest BCUT2D eigenvalue weighted by atomic mass is 19.4. The van der Waals surface area contributed by atoms with E-state index in [9.17, 15) is 28.2 Å². The second kappa shape index (κ2) is 10.6. The molecule has 0 aromatic heterocycles. The van der Waals surface area contributed by atoms with Crippen molar-refractivity contribution in [1.82, 2.24) is 9.80 Å². The van der Waals surface area contributed by atoms with Gasteiger partial charge >= 0.3 is 6.18 Å². The van der Waals surface area contributed by atoms with E-state index < -0.39 is 34.9 Å². The van der Waals surface area contributed by atoms with Crippen LogP contribution in [-0.4, -0.2) is 69.8 Å². The Morgan fingerprint density at radius 2 is 1.91 bits per heavy atom. The molecule has 1 amide bonds. The molecule has 1 saturated heterocycles. The third kappa shape index (κ3) is 4.57. The number of aliphatic hydroxyl groups is 1. The van der Waals surface area contributed by atoms with E-state index in [4.69, 9.17) is 4.74 Å². The Morgan fingerprint density at radius 1 is 1.13 bits per heavy atom. The van der Waals surface area contributed by atoms with Crippen molar-refractivity contribution >= 4 is 12.0 Å². The van der Waals surface area contributed by atoms with Crippen molar-refractivity contribution in [2.45, 2.75) is 68.0 Å². The zero-order valence-electron chi connectivity index (χ0n) is 25.3. The number of hydrogen-bond donors (Lipinski definition) is 2. The normalized spacial score (nSPS) is 30.2. The van der Waals surface area contributed by atoms with Gasteiger partial charge in [0.05, 0.1) is 22.6 Å². The van der Waals surface area contributed by atoms with Crippen LogP contribution in [0.5, 0.6) is 11.5 Å². The van der Waals surface area contributed by atoms with E-state index in [1.54, 1.807) is 18.0 Å². The standard InChI is InChI=1S/C36H37F3N2O4/c1-22-21-35(44)28-20-25-12-13-27(42)32-30(25)34(35,16-18-41(28)17-15-23-7-4-3-5-8-23)33(45-32)31(22)40(2)29(43)14-11-24-9-6-10-26(19-24)36(37,38)39/h3-14,19,22,28,31,33,42,44H,15-18,20-21H2,1-2H3/b14-11+/t22?,28-,31?,33?,34+,35-/m1/s1. The van der Waals surface area contributed by atoms with Crippen LogP contribution in [0.25, 0.3) is 6.08 Å². The fraction of sp³-hybridized carbons (Fsp3) is 0.417. The van der Waals surface area contributed by atoms with Gasteiger partial charge in [-0.3, -0.25) is 9.69 Å². The van der Waals surface area contributed by atoms with E-state index in [-0.39, 0.29) is 29.2 Å². The van der Waals surface area contributed by atoms with Crippen LogP contribution in [0.4, 0.5) is 13.2 Å². The van der Waals surface area contributed by atoms with Gasteiger partial charge in [-0.25, -0.2) is 0 Å². The lowest BCUT2D eigenvalue weighted by Gasteiger charge is -2.66. The summed E-state index contributed by atoms with van der Waals surface area (Å²) in [5.41, 5.74) is 0.687. The Kier molecular flexibility index (Phi) is 7.05. The molecule has 6 nitrogen and oxygen atoms in total. The molecule has 45 heavy (non-hydrogen) atoms. The van der Waals surface area contributed by atoms with Crippen LogP contribution >= 0.6 is 0 Å². The van der Waals surface area contributed by atoms with Crippen molar-refractivity contribution in [3.8, 4) is 11.5 Å². The molecule has 2 N–H and O–H groups in total. The van der Waals surface area contributed by atoms with Gasteiger partial charge in [0.1, 0.15) is 6.10 Å². The molecule has 1 saturated carbocycles. The minimum atomic E-state index is -4.48. The summed E-state index contributed by atoms with van der Waals surface area (Å²) in [6, 6.07) is 18.2. The number of likely N-dealkylation sites (tertiary alicyclic amines) is 1. The molecule has 0 radical (unpaired) electrons. The first-order valence-corrected chi connectivity index (χ1v) is 15.6. The van der Waals surface area contributed by atoms with Gasteiger partial charge in [-0.05, 0) is 79.1 Å². The van der Waals surface area contributed by atoms with Crippen LogP contribution < -0.4 is 4.74 Å². The Balaban J connectivity index is 1.21. The van der Waals surface area contributed by atoms with E-state index in [0.29, 0.717) is 25.0 Å². The number of amides is 1. The first-order valence-electron chi connectivity index (χ1n) is 15.6. The summed E-state index contributed by atoms with van der Waals surface area (Å²) in [4.78, 5) is 17.6. The molecule has 3 unspecified atom stereocenters. The zero-order valence-corrected chi connectivity index (χ0v) is 25.3. The summed E-state index contributed by atoms with van der Waals surface area (Å²) in [6.45, 7) is 3.55. The largest absolute Gasteiger partial charge is 0.504 e. The number of benzene rings is 3. The number of likely N-dealkylation sites (N-methyl/N-ethyl adjacent to an activating group) is 1. The number of carbonyl (C=O) groups is 1. The monoisotopic (exact) mass is 618 g/mol. The fourth-order valence-corrected chi connectivity index (χ4v) is 8.90. The van der Waals surface area contributed by atoms with Crippen LogP contribution in [-0.2, 0) is 29.2 Å². The number of rotatable bonds is 6. The predicted octanol–water partition coefficient (Wildman–Crippen LogP) is 5.59. The minimum Gasteiger partial charge on any atom is -0.504 e. The maximum absolute atomic E-state index is 13.6. The van der Waals surface area contributed by atoms with Crippen molar-refractivity contribution < 1.29 is 32.9 Å².